The minimum atomic E-state index is -0.280. The normalized spacial score (nSPS) is 14.6. The molecule has 1 aromatic carbocycles. The van der Waals surface area contributed by atoms with Crippen LogP contribution in [0.3, 0.4) is 0 Å². The van der Waals surface area contributed by atoms with E-state index in [0.29, 0.717) is 11.4 Å². The van der Waals surface area contributed by atoms with Crippen LogP contribution in [0.5, 0.6) is 0 Å². The van der Waals surface area contributed by atoms with E-state index in [4.69, 9.17) is 0 Å². The van der Waals surface area contributed by atoms with Gasteiger partial charge in [-0.3, -0.25) is 4.79 Å². The minimum absolute atomic E-state index is 0.132. The first-order valence-electron chi connectivity index (χ1n) is 6.15. The fourth-order valence-corrected chi connectivity index (χ4v) is 2.14. The van der Waals surface area contributed by atoms with Crippen molar-refractivity contribution >= 4 is 11.6 Å². The topological polar surface area (TPSA) is 95.6 Å². The molecule has 0 saturated carbocycles. The Morgan fingerprint density at radius 1 is 1.47 bits per heavy atom. The molecule has 7 nitrogen and oxygen atoms in total. The fraction of sp³-hybridized carbons (Fsp3) is 0.333. The van der Waals surface area contributed by atoms with E-state index < -0.39 is 0 Å². The summed E-state index contributed by atoms with van der Waals surface area (Å²) in [6.45, 7) is 2.75. The molecule has 2 aromatic rings. The van der Waals surface area contributed by atoms with E-state index in [2.05, 4.69) is 31.3 Å². The summed E-state index contributed by atoms with van der Waals surface area (Å²) < 4.78 is 0. The molecule has 98 valence electrons. The van der Waals surface area contributed by atoms with E-state index in [0.717, 1.165) is 18.7 Å². The van der Waals surface area contributed by atoms with Crippen LogP contribution in [0.15, 0.2) is 18.2 Å². The summed E-state index contributed by atoms with van der Waals surface area (Å²) >= 11 is 0. The largest absolute Gasteiger partial charge is 0.384 e. The molecule has 1 aromatic heterocycles. The van der Waals surface area contributed by atoms with Crippen molar-refractivity contribution in [2.45, 2.75) is 19.4 Å². The summed E-state index contributed by atoms with van der Waals surface area (Å²) in [5.41, 5.74) is 2.94. The Labute approximate surface area is 109 Å². The monoisotopic (exact) mass is 258 g/mol. The third-order valence-corrected chi connectivity index (χ3v) is 3.17. The van der Waals surface area contributed by atoms with Gasteiger partial charge in [0.15, 0.2) is 5.82 Å². The van der Waals surface area contributed by atoms with E-state index in [1.165, 1.54) is 5.56 Å². The van der Waals surface area contributed by atoms with E-state index >= 15 is 0 Å². The van der Waals surface area contributed by atoms with Gasteiger partial charge in [-0.1, -0.05) is 5.21 Å². The first-order chi connectivity index (χ1) is 9.24. The van der Waals surface area contributed by atoms with Crippen LogP contribution < -0.4 is 10.6 Å². The number of amides is 1. The summed E-state index contributed by atoms with van der Waals surface area (Å²) in [6, 6.07) is 5.40. The zero-order valence-electron chi connectivity index (χ0n) is 10.5. The average Bonchev–Trinajstić information content (AvgIpc) is 3.09. The first kappa shape index (κ1) is 11.6. The van der Waals surface area contributed by atoms with Gasteiger partial charge >= 0.3 is 0 Å². The van der Waals surface area contributed by atoms with Crippen molar-refractivity contribution in [2.24, 2.45) is 0 Å². The van der Waals surface area contributed by atoms with Crippen molar-refractivity contribution in [1.82, 2.24) is 25.9 Å². The summed E-state index contributed by atoms with van der Waals surface area (Å²) in [6.07, 6.45) is 0.955. The molecule has 1 amide bonds. The van der Waals surface area contributed by atoms with Crippen LogP contribution in [0.4, 0.5) is 5.69 Å². The van der Waals surface area contributed by atoms with Crippen LogP contribution >= 0.6 is 0 Å². The van der Waals surface area contributed by atoms with Gasteiger partial charge in [0.2, 0.25) is 0 Å². The molecule has 0 aliphatic carbocycles. The molecular formula is C12H14N6O. The standard InChI is InChI=1S/C12H14N6O/c1-7(11-15-17-18-16-11)14-12(19)9-2-3-10-8(6-9)4-5-13-10/h2-3,6-7,13H,4-5H2,1H3,(H,14,19)(H,15,16,17,18). The van der Waals surface area contributed by atoms with Gasteiger partial charge in [-0.2, -0.15) is 5.21 Å². The van der Waals surface area contributed by atoms with Gasteiger partial charge in [0, 0.05) is 17.8 Å². The molecule has 2 heterocycles. The van der Waals surface area contributed by atoms with Crippen LogP contribution in [0, 0.1) is 0 Å². The average molecular weight is 258 g/mol. The maximum absolute atomic E-state index is 12.1. The quantitative estimate of drug-likeness (QED) is 0.751. The Hall–Kier alpha value is -2.44. The molecule has 3 rings (SSSR count). The summed E-state index contributed by atoms with van der Waals surface area (Å²) in [7, 11) is 0. The molecule has 0 saturated heterocycles. The second-order valence-electron chi connectivity index (χ2n) is 4.51. The van der Waals surface area contributed by atoms with Crippen LogP contribution in [0.2, 0.25) is 0 Å². The Bertz CT molecular complexity index is 594. The number of fused-ring (bicyclic) bond motifs is 1. The lowest BCUT2D eigenvalue weighted by Crippen LogP contribution is -2.27. The number of nitrogens with one attached hydrogen (secondary N) is 3. The molecule has 0 spiro atoms. The van der Waals surface area contributed by atoms with Crippen LogP contribution in [0.25, 0.3) is 0 Å². The lowest BCUT2D eigenvalue weighted by Gasteiger charge is -2.10. The zero-order valence-corrected chi connectivity index (χ0v) is 10.5. The summed E-state index contributed by atoms with van der Waals surface area (Å²) in [5, 5.41) is 19.7. The number of aromatic amines is 1. The Morgan fingerprint density at radius 3 is 3.16 bits per heavy atom. The third-order valence-electron chi connectivity index (χ3n) is 3.17. The van der Waals surface area contributed by atoms with Gasteiger partial charge in [0.1, 0.15) is 0 Å². The van der Waals surface area contributed by atoms with Gasteiger partial charge in [-0.25, -0.2) is 0 Å². The number of tetrazole rings is 1. The number of hydrogen-bond donors (Lipinski definition) is 3. The van der Waals surface area contributed by atoms with Crippen molar-refractivity contribution in [1.29, 1.82) is 0 Å². The van der Waals surface area contributed by atoms with Crippen molar-refractivity contribution in [3.8, 4) is 0 Å². The van der Waals surface area contributed by atoms with E-state index in [9.17, 15) is 4.79 Å². The number of aromatic nitrogens is 4. The van der Waals surface area contributed by atoms with Gasteiger partial charge in [0.05, 0.1) is 6.04 Å². The molecule has 0 radical (unpaired) electrons. The van der Waals surface area contributed by atoms with Gasteiger partial charge in [0.25, 0.3) is 5.91 Å². The summed E-state index contributed by atoms with van der Waals surface area (Å²) in [4.78, 5) is 12.1. The Balaban J connectivity index is 1.74. The number of carbonyl (C=O) groups is 1. The van der Waals surface area contributed by atoms with E-state index in [1.807, 2.05) is 25.1 Å². The van der Waals surface area contributed by atoms with Crippen LogP contribution in [0.1, 0.15) is 34.7 Å². The predicted octanol–water partition coefficient (Wildman–Crippen LogP) is 0.659. The maximum atomic E-state index is 12.1. The van der Waals surface area contributed by atoms with Crippen molar-refractivity contribution in [3.05, 3.63) is 35.2 Å². The number of hydrogen-bond acceptors (Lipinski definition) is 5. The molecule has 1 aliphatic heterocycles. The highest BCUT2D eigenvalue weighted by Crippen LogP contribution is 2.23. The highest BCUT2D eigenvalue weighted by Gasteiger charge is 2.17. The number of benzene rings is 1. The Kier molecular flexibility index (Phi) is 2.86. The molecule has 1 aliphatic rings. The van der Waals surface area contributed by atoms with Crippen LogP contribution in [-0.2, 0) is 6.42 Å². The molecule has 19 heavy (non-hydrogen) atoms. The molecule has 7 heteroatoms. The van der Waals surface area contributed by atoms with Crippen molar-refractivity contribution in [2.75, 3.05) is 11.9 Å². The molecular weight excluding hydrogens is 244 g/mol. The van der Waals surface area contributed by atoms with E-state index in [1.54, 1.807) is 0 Å². The highest BCUT2D eigenvalue weighted by atomic mass is 16.1. The smallest absolute Gasteiger partial charge is 0.251 e. The SMILES string of the molecule is CC(NC(=O)c1ccc2c(c1)CCN2)c1nn[nH]n1. The second-order valence-corrected chi connectivity index (χ2v) is 4.51. The second kappa shape index (κ2) is 4.68. The van der Waals surface area contributed by atoms with Gasteiger partial charge < -0.3 is 10.6 Å². The molecule has 1 atom stereocenters. The highest BCUT2D eigenvalue weighted by molar-refractivity contribution is 5.95. The zero-order chi connectivity index (χ0) is 13.2. The van der Waals surface area contributed by atoms with Crippen molar-refractivity contribution in [3.63, 3.8) is 0 Å². The molecule has 3 N–H and O–H groups in total. The van der Waals surface area contributed by atoms with Crippen LogP contribution in [-0.4, -0.2) is 33.1 Å². The number of carbonyl (C=O) groups excluding carboxylic acids is 1. The number of H-pyrrole nitrogens is 1. The van der Waals surface area contributed by atoms with Gasteiger partial charge in [-0.15, -0.1) is 10.2 Å². The number of rotatable bonds is 3. The number of anilines is 1. The first-order valence-corrected chi connectivity index (χ1v) is 6.15. The van der Waals surface area contributed by atoms with E-state index in [-0.39, 0.29) is 11.9 Å². The minimum Gasteiger partial charge on any atom is -0.384 e. The predicted molar refractivity (Wildman–Crippen MR) is 68.7 cm³/mol. The van der Waals surface area contributed by atoms with Gasteiger partial charge in [-0.05, 0) is 37.1 Å². The fourth-order valence-electron chi connectivity index (χ4n) is 2.14. The Morgan fingerprint density at radius 2 is 2.37 bits per heavy atom. The molecule has 1 unspecified atom stereocenters. The lowest BCUT2D eigenvalue weighted by molar-refractivity contribution is 0.0938. The number of nitrogens with zero attached hydrogens (tertiary/aromatic N) is 3. The molecule has 0 fully saturated rings. The lowest BCUT2D eigenvalue weighted by atomic mass is 10.1. The van der Waals surface area contributed by atoms with Crippen molar-refractivity contribution < 1.29 is 4.79 Å². The third kappa shape index (κ3) is 2.26. The maximum Gasteiger partial charge on any atom is 0.251 e. The summed E-state index contributed by atoms with van der Waals surface area (Å²) in [5.74, 6) is 0.336. The molecule has 0 bridgehead atoms.